The number of nitrogens with zero attached hydrogens (tertiary/aromatic N) is 2. The third kappa shape index (κ3) is 3.84. The van der Waals surface area contributed by atoms with Crippen molar-refractivity contribution in [2.24, 2.45) is 0 Å². The summed E-state index contributed by atoms with van der Waals surface area (Å²) in [6.45, 7) is 0. The van der Waals surface area contributed by atoms with Gasteiger partial charge in [-0.3, -0.25) is 4.98 Å². The second-order valence-electron chi connectivity index (χ2n) is 6.30. The van der Waals surface area contributed by atoms with Gasteiger partial charge in [-0.15, -0.1) is 0 Å². The molecule has 0 bridgehead atoms. The Hall–Kier alpha value is -3.72. The molecule has 0 N–H and O–H groups in total. The summed E-state index contributed by atoms with van der Waals surface area (Å²) >= 11 is 0. The Balaban J connectivity index is 1.89. The lowest BCUT2D eigenvalue weighted by Crippen LogP contribution is -1.98. The van der Waals surface area contributed by atoms with E-state index in [-0.39, 0.29) is 0 Å². The molecular formula is C25H20N2O. The average Bonchev–Trinajstić information content (AvgIpc) is 2.79. The van der Waals surface area contributed by atoms with Crippen LogP contribution in [0.3, 0.4) is 0 Å². The first-order chi connectivity index (χ1) is 13.8. The zero-order chi connectivity index (χ0) is 19.2. The minimum atomic E-state index is 0.748. The summed E-state index contributed by atoms with van der Waals surface area (Å²) in [6, 6.07) is 28.1. The van der Waals surface area contributed by atoms with E-state index < -0.39 is 0 Å². The van der Waals surface area contributed by atoms with Crippen molar-refractivity contribution in [1.29, 1.82) is 0 Å². The van der Waals surface area contributed by atoms with Gasteiger partial charge < -0.3 is 4.74 Å². The minimum Gasteiger partial charge on any atom is -0.494 e. The number of ether oxygens (including phenoxy) is 1. The minimum absolute atomic E-state index is 0.748. The Morgan fingerprint density at radius 1 is 0.750 bits per heavy atom. The van der Waals surface area contributed by atoms with Crippen LogP contribution in [0, 0.1) is 0 Å². The van der Waals surface area contributed by atoms with Crippen molar-refractivity contribution in [3.63, 3.8) is 0 Å². The van der Waals surface area contributed by atoms with Crippen LogP contribution in [0.2, 0.25) is 0 Å². The van der Waals surface area contributed by atoms with E-state index in [0.29, 0.717) is 0 Å². The van der Waals surface area contributed by atoms with Gasteiger partial charge >= 0.3 is 0 Å². The maximum Gasteiger partial charge on any atom is 0.152 e. The highest BCUT2D eigenvalue weighted by Crippen LogP contribution is 2.35. The van der Waals surface area contributed by atoms with Crippen molar-refractivity contribution in [2.75, 3.05) is 7.11 Å². The van der Waals surface area contributed by atoms with Crippen LogP contribution in [0.5, 0.6) is 5.75 Å². The molecule has 2 heterocycles. The molecule has 0 saturated heterocycles. The summed E-state index contributed by atoms with van der Waals surface area (Å²) in [7, 11) is 1.68. The number of hydrogen-bond acceptors (Lipinski definition) is 3. The maximum absolute atomic E-state index is 5.78. The van der Waals surface area contributed by atoms with Gasteiger partial charge in [-0.25, -0.2) is 4.98 Å². The summed E-state index contributed by atoms with van der Waals surface area (Å²) in [6.07, 6.45) is 5.92. The van der Waals surface area contributed by atoms with Gasteiger partial charge in [0, 0.05) is 17.3 Å². The summed E-state index contributed by atoms with van der Waals surface area (Å²) in [5.41, 5.74) is 5.54. The number of methoxy groups -OCH3 is 1. The normalized spacial score (nSPS) is 10.9. The zero-order valence-corrected chi connectivity index (χ0v) is 15.6. The molecule has 2 aromatic carbocycles. The van der Waals surface area contributed by atoms with Crippen LogP contribution in [0.4, 0.5) is 0 Å². The topological polar surface area (TPSA) is 35.0 Å². The molecule has 0 saturated carbocycles. The van der Waals surface area contributed by atoms with E-state index in [9.17, 15) is 0 Å². The second-order valence-corrected chi connectivity index (χ2v) is 6.30. The quantitative estimate of drug-likeness (QED) is 0.436. The van der Waals surface area contributed by atoms with Gasteiger partial charge in [-0.1, -0.05) is 78.9 Å². The molecule has 0 atom stereocenters. The predicted molar refractivity (Wildman–Crippen MR) is 115 cm³/mol. The summed E-state index contributed by atoms with van der Waals surface area (Å²) in [5, 5.41) is 0. The number of aromatic nitrogens is 2. The Kier molecular flexibility index (Phi) is 5.25. The third-order valence-electron chi connectivity index (χ3n) is 4.44. The SMILES string of the molecule is COc1c(/C=C/c2ccccc2)cc(-c2ccccn2)nc1-c1ccccc1. The van der Waals surface area contributed by atoms with Gasteiger partial charge in [0.1, 0.15) is 5.69 Å². The first-order valence-corrected chi connectivity index (χ1v) is 9.14. The average molecular weight is 364 g/mol. The molecule has 4 rings (SSSR count). The molecule has 0 fully saturated rings. The maximum atomic E-state index is 5.78. The smallest absolute Gasteiger partial charge is 0.152 e. The number of pyridine rings is 2. The van der Waals surface area contributed by atoms with Crippen LogP contribution in [0.15, 0.2) is 91.1 Å². The van der Waals surface area contributed by atoms with Gasteiger partial charge in [-0.2, -0.15) is 0 Å². The highest BCUT2D eigenvalue weighted by atomic mass is 16.5. The second kappa shape index (κ2) is 8.31. The predicted octanol–water partition coefficient (Wildman–Crippen LogP) is 5.99. The molecule has 136 valence electrons. The Bertz CT molecular complexity index is 1080. The molecule has 0 aliphatic heterocycles. The Morgan fingerprint density at radius 3 is 2.14 bits per heavy atom. The van der Waals surface area contributed by atoms with Crippen LogP contribution in [0.1, 0.15) is 11.1 Å². The molecule has 0 radical (unpaired) electrons. The highest BCUT2D eigenvalue weighted by Gasteiger charge is 2.15. The molecule has 0 aliphatic carbocycles. The fraction of sp³-hybridized carbons (Fsp3) is 0.0400. The monoisotopic (exact) mass is 364 g/mol. The van der Waals surface area contributed by atoms with Crippen molar-refractivity contribution in [1.82, 2.24) is 9.97 Å². The lowest BCUT2D eigenvalue weighted by atomic mass is 10.0. The number of rotatable bonds is 5. The molecule has 28 heavy (non-hydrogen) atoms. The van der Waals surface area contributed by atoms with Crippen molar-refractivity contribution in [2.45, 2.75) is 0 Å². The van der Waals surface area contributed by atoms with Gasteiger partial charge in [0.05, 0.1) is 18.5 Å². The van der Waals surface area contributed by atoms with Crippen LogP contribution in [-0.2, 0) is 0 Å². The molecular weight excluding hydrogens is 344 g/mol. The largest absolute Gasteiger partial charge is 0.494 e. The molecule has 3 heteroatoms. The molecule has 2 aromatic heterocycles. The molecule has 3 nitrogen and oxygen atoms in total. The Morgan fingerprint density at radius 2 is 1.46 bits per heavy atom. The van der Waals surface area contributed by atoms with Crippen LogP contribution in [0.25, 0.3) is 34.8 Å². The number of benzene rings is 2. The highest BCUT2D eigenvalue weighted by molar-refractivity contribution is 5.81. The van der Waals surface area contributed by atoms with Crippen LogP contribution in [-0.4, -0.2) is 17.1 Å². The van der Waals surface area contributed by atoms with E-state index in [1.807, 2.05) is 72.8 Å². The van der Waals surface area contributed by atoms with Gasteiger partial charge in [0.15, 0.2) is 5.75 Å². The molecule has 0 unspecified atom stereocenters. The van der Waals surface area contributed by atoms with Gasteiger partial charge in [0.2, 0.25) is 0 Å². The van der Waals surface area contributed by atoms with Crippen molar-refractivity contribution in [3.05, 3.63) is 102 Å². The third-order valence-corrected chi connectivity index (χ3v) is 4.44. The number of hydrogen-bond donors (Lipinski definition) is 0. The molecule has 0 spiro atoms. The van der Waals surface area contributed by atoms with Gasteiger partial charge in [-0.05, 0) is 23.8 Å². The Labute approximate surface area is 165 Å². The van der Waals surface area contributed by atoms with E-state index >= 15 is 0 Å². The van der Waals surface area contributed by atoms with E-state index in [2.05, 4.69) is 29.3 Å². The summed E-state index contributed by atoms with van der Waals surface area (Å²) < 4.78 is 5.78. The first-order valence-electron chi connectivity index (χ1n) is 9.14. The van der Waals surface area contributed by atoms with Crippen molar-refractivity contribution >= 4 is 12.2 Å². The van der Waals surface area contributed by atoms with Crippen molar-refractivity contribution < 1.29 is 4.74 Å². The van der Waals surface area contributed by atoms with E-state index in [4.69, 9.17) is 9.72 Å². The lowest BCUT2D eigenvalue weighted by Gasteiger charge is -2.13. The summed E-state index contributed by atoms with van der Waals surface area (Å²) in [5.74, 6) is 0.748. The molecule has 0 amide bonds. The van der Waals surface area contributed by atoms with E-state index in [1.54, 1.807) is 13.3 Å². The van der Waals surface area contributed by atoms with E-state index in [1.165, 1.54) is 0 Å². The van der Waals surface area contributed by atoms with Gasteiger partial charge in [0.25, 0.3) is 0 Å². The van der Waals surface area contributed by atoms with E-state index in [0.717, 1.165) is 39.5 Å². The van der Waals surface area contributed by atoms with Crippen LogP contribution < -0.4 is 4.74 Å². The first kappa shape index (κ1) is 17.7. The lowest BCUT2D eigenvalue weighted by molar-refractivity contribution is 0.414. The fourth-order valence-corrected chi connectivity index (χ4v) is 3.08. The molecule has 4 aromatic rings. The standard InChI is InChI=1S/C25H20N2O/c1-28-25-21(16-15-19-10-4-2-5-11-19)18-23(22-14-8-9-17-26-22)27-24(25)20-12-6-3-7-13-20/h2-18H,1H3/b16-15+. The zero-order valence-electron chi connectivity index (χ0n) is 15.6. The van der Waals surface area contributed by atoms with Crippen molar-refractivity contribution in [3.8, 4) is 28.4 Å². The summed E-state index contributed by atoms with van der Waals surface area (Å²) in [4.78, 5) is 9.35. The molecule has 0 aliphatic rings. The van der Waals surface area contributed by atoms with Crippen LogP contribution >= 0.6 is 0 Å². The fourth-order valence-electron chi connectivity index (χ4n) is 3.08.